The highest BCUT2D eigenvalue weighted by Crippen LogP contribution is 1.87. The molecule has 1 atom stereocenters. The lowest BCUT2D eigenvalue weighted by molar-refractivity contribution is 0.435. The molecule has 2 nitrogen and oxygen atoms in total. The molecule has 3 heteroatoms. The maximum atomic E-state index is 11.0. The Morgan fingerprint density at radius 3 is 2.30 bits per heavy atom. The summed E-state index contributed by atoms with van der Waals surface area (Å²) in [6.07, 6.45) is 1.03. The minimum Gasteiger partial charge on any atom is -0.308 e. The Hall–Kier alpha value is 0.110. The van der Waals surface area contributed by atoms with Crippen LogP contribution < -0.4 is 0 Å². The zero-order chi connectivity index (χ0) is 7.98. The number of nitrogens with zero attached hydrogens (tertiary/aromatic N) is 1. The van der Waals surface area contributed by atoms with Crippen molar-refractivity contribution in [1.82, 2.24) is 4.90 Å². The molecule has 0 amide bonds. The molecule has 0 N–H and O–H groups in total. The van der Waals surface area contributed by atoms with Gasteiger partial charge in [0, 0.05) is 28.9 Å². The summed E-state index contributed by atoms with van der Waals surface area (Å²) in [5, 5.41) is 0. The van der Waals surface area contributed by atoms with Gasteiger partial charge in [-0.05, 0) is 20.5 Å². The second kappa shape index (κ2) is 5.86. The fourth-order valence-electron chi connectivity index (χ4n) is 0.614. The quantitative estimate of drug-likeness (QED) is 0.595. The van der Waals surface area contributed by atoms with Crippen molar-refractivity contribution < 1.29 is 4.21 Å². The average Bonchev–Trinajstić information content (AvgIpc) is 1.85. The molecule has 0 rings (SSSR count). The van der Waals surface area contributed by atoms with E-state index in [0.29, 0.717) is 0 Å². The van der Waals surface area contributed by atoms with Gasteiger partial charge in [-0.1, -0.05) is 6.92 Å². The number of hydrogen-bond acceptors (Lipinski definition) is 2. The van der Waals surface area contributed by atoms with Crippen LogP contribution in [0.3, 0.4) is 0 Å². The van der Waals surface area contributed by atoms with Gasteiger partial charge in [-0.15, -0.1) is 0 Å². The maximum absolute atomic E-state index is 11.0. The third-order valence-corrected chi connectivity index (χ3v) is 2.70. The van der Waals surface area contributed by atoms with Gasteiger partial charge in [-0.3, -0.25) is 4.21 Å². The van der Waals surface area contributed by atoms with Gasteiger partial charge in [0.15, 0.2) is 0 Å². The predicted octanol–water partition coefficient (Wildman–Crippen LogP) is 0.707. The molecule has 0 aromatic carbocycles. The fraction of sp³-hybridized carbons (Fsp3) is 1.00. The van der Waals surface area contributed by atoms with E-state index < -0.39 is 10.8 Å². The molecule has 0 fully saturated rings. The van der Waals surface area contributed by atoms with Crippen LogP contribution in [0.2, 0.25) is 0 Å². The first-order valence-corrected chi connectivity index (χ1v) is 5.15. The molecule has 0 radical (unpaired) electrons. The Morgan fingerprint density at radius 2 is 1.90 bits per heavy atom. The van der Waals surface area contributed by atoms with Crippen LogP contribution in [0.5, 0.6) is 0 Å². The lowest BCUT2D eigenvalue weighted by Crippen LogP contribution is -2.19. The van der Waals surface area contributed by atoms with E-state index in [1.165, 1.54) is 0 Å². The molecule has 10 heavy (non-hydrogen) atoms. The average molecular weight is 163 g/mol. The number of rotatable bonds is 5. The smallest absolute Gasteiger partial charge is 0.0362 e. The summed E-state index contributed by atoms with van der Waals surface area (Å²) in [6.45, 7) is 3.00. The van der Waals surface area contributed by atoms with Crippen molar-refractivity contribution in [2.75, 3.05) is 32.1 Å². The zero-order valence-corrected chi connectivity index (χ0v) is 7.91. The molecular weight excluding hydrogens is 146 g/mol. The van der Waals surface area contributed by atoms with Gasteiger partial charge in [0.1, 0.15) is 0 Å². The van der Waals surface area contributed by atoms with Crippen LogP contribution in [0.15, 0.2) is 0 Å². The fourth-order valence-corrected chi connectivity index (χ4v) is 1.84. The highest BCUT2D eigenvalue weighted by Gasteiger charge is 1.97. The van der Waals surface area contributed by atoms with Gasteiger partial charge >= 0.3 is 0 Å². The Kier molecular flexibility index (Phi) is 5.93. The van der Waals surface area contributed by atoms with Crippen LogP contribution in [0.4, 0.5) is 0 Å². The summed E-state index contributed by atoms with van der Waals surface area (Å²) >= 11 is 0. The minimum absolute atomic E-state index is 0.582. The van der Waals surface area contributed by atoms with E-state index in [-0.39, 0.29) is 0 Å². The molecule has 0 saturated carbocycles. The first kappa shape index (κ1) is 10.1. The largest absolute Gasteiger partial charge is 0.308 e. The van der Waals surface area contributed by atoms with E-state index in [9.17, 15) is 4.21 Å². The lowest BCUT2D eigenvalue weighted by Gasteiger charge is -2.07. The molecule has 0 aliphatic rings. The Morgan fingerprint density at radius 1 is 1.30 bits per heavy atom. The van der Waals surface area contributed by atoms with E-state index in [2.05, 4.69) is 11.8 Å². The second-order valence-electron chi connectivity index (χ2n) is 2.65. The summed E-state index contributed by atoms with van der Waals surface area (Å²) in [6, 6.07) is 0. The summed E-state index contributed by atoms with van der Waals surface area (Å²) in [7, 11) is 3.42. The molecule has 0 bridgehead atoms. The van der Waals surface area contributed by atoms with Gasteiger partial charge in [0.05, 0.1) is 0 Å². The van der Waals surface area contributed by atoms with Crippen molar-refractivity contribution in [1.29, 1.82) is 0 Å². The van der Waals surface area contributed by atoms with E-state index in [1.807, 2.05) is 14.1 Å². The van der Waals surface area contributed by atoms with Crippen molar-refractivity contribution in [2.24, 2.45) is 0 Å². The number of hydrogen-bond donors (Lipinski definition) is 0. The van der Waals surface area contributed by atoms with Crippen LogP contribution in [0.1, 0.15) is 13.3 Å². The van der Waals surface area contributed by atoms with Crippen molar-refractivity contribution in [2.45, 2.75) is 13.3 Å². The topological polar surface area (TPSA) is 20.3 Å². The van der Waals surface area contributed by atoms with Crippen LogP contribution in [0.25, 0.3) is 0 Å². The van der Waals surface area contributed by atoms with Crippen LogP contribution in [-0.2, 0) is 10.8 Å². The standard InChI is InChI=1S/C7H17NOS/c1-4-6-10(9)7-5-8(2)3/h4-7H2,1-3H3. The first-order chi connectivity index (χ1) is 4.66. The summed E-state index contributed by atoms with van der Waals surface area (Å²) in [4.78, 5) is 2.06. The van der Waals surface area contributed by atoms with E-state index in [4.69, 9.17) is 0 Å². The molecule has 0 saturated heterocycles. The highest BCUT2D eigenvalue weighted by molar-refractivity contribution is 7.84. The van der Waals surface area contributed by atoms with Gasteiger partial charge in [-0.2, -0.15) is 0 Å². The monoisotopic (exact) mass is 163 g/mol. The van der Waals surface area contributed by atoms with Gasteiger partial charge in [0.25, 0.3) is 0 Å². The lowest BCUT2D eigenvalue weighted by atomic mass is 10.6. The highest BCUT2D eigenvalue weighted by atomic mass is 32.2. The molecule has 62 valence electrons. The van der Waals surface area contributed by atoms with Gasteiger partial charge < -0.3 is 4.90 Å². The van der Waals surface area contributed by atoms with Crippen molar-refractivity contribution in [3.63, 3.8) is 0 Å². The Labute approximate surface area is 66.1 Å². The summed E-state index contributed by atoms with van der Waals surface area (Å²) < 4.78 is 11.0. The third kappa shape index (κ3) is 6.23. The normalized spacial score (nSPS) is 14.0. The molecule has 0 aliphatic carbocycles. The SMILES string of the molecule is CCCS(=O)CCN(C)C. The first-order valence-electron chi connectivity index (χ1n) is 3.66. The molecule has 0 aromatic rings. The predicted molar refractivity (Wildman–Crippen MR) is 46.7 cm³/mol. The van der Waals surface area contributed by atoms with Crippen molar-refractivity contribution >= 4 is 10.8 Å². The molecule has 0 spiro atoms. The zero-order valence-electron chi connectivity index (χ0n) is 7.09. The maximum Gasteiger partial charge on any atom is 0.0362 e. The Balaban J connectivity index is 3.22. The molecule has 0 heterocycles. The Bertz CT molecular complexity index is 104. The molecule has 0 aliphatic heterocycles. The van der Waals surface area contributed by atoms with Gasteiger partial charge in [-0.25, -0.2) is 0 Å². The molecular formula is C7H17NOS. The van der Waals surface area contributed by atoms with Crippen LogP contribution in [0, 0.1) is 0 Å². The summed E-state index contributed by atoms with van der Waals surface area (Å²) in [5.41, 5.74) is 0. The summed E-state index contributed by atoms with van der Waals surface area (Å²) in [5.74, 6) is 1.68. The van der Waals surface area contributed by atoms with E-state index >= 15 is 0 Å². The second-order valence-corrected chi connectivity index (χ2v) is 4.35. The van der Waals surface area contributed by atoms with E-state index in [1.54, 1.807) is 0 Å². The van der Waals surface area contributed by atoms with Crippen LogP contribution in [-0.4, -0.2) is 41.3 Å². The van der Waals surface area contributed by atoms with E-state index in [0.717, 1.165) is 24.5 Å². The van der Waals surface area contributed by atoms with Crippen molar-refractivity contribution in [3.05, 3.63) is 0 Å². The van der Waals surface area contributed by atoms with Gasteiger partial charge in [0.2, 0.25) is 0 Å². The third-order valence-electron chi connectivity index (χ3n) is 1.20. The molecule has 0 aromatic heterocycles. The molecule has 1 unspecified atom stereocenters. The minimum atomic E-state index is -0.582. The van der Waals surface area contributed by atoms with Crippen LogP contribution >= 0.6 is 0 Å². The van der Waals surface area contributed by atoms with Crippen molar-refractivity contribution in [3.8, 4) is 0 Å².